The second kappa shape index (κ2) is 9.21. The number of benzene rings is 5. The van der Waals surface area contributed by atoms with E-state index in [1.54, 1.807) is 11.1 Å². The van der Waals surface area contributed by atoms with Crippen LogP contribution < -0.4 is 4.74 Å². The van der Waals surface area contributed by atoms with Gasteiger partial charge in [-0.1, -0.05) is 104 Å². The van der Waals surface area contributed by atoms with E-state index >= 15 is 0 Å². The molecule has 0 radical (unpaired) electrons. The Balaban J connectivity index is 1.37. The van der Waals surface area contributed by atoms with Crippen LogP contribution in [0.2, 0.25) is 0 Å². The number of fused-ring (bicyclic) bond motifs is 8. The van der Waals surface area contributed by atoms with Crippen molar-refractivity contribution in [2.24, 2.45) is 5.41 Å². The Hall–Kier alpha value is -3.62. The van der Waals surface area contributed by atoms with Crippen LogP contribution in [-0.2, 0) is 6.42 Å². The van der Waals surface area contributed by atoms with Gasteiger partial charge >= 0.3 is 0 Å². The van der Waals surface area contributed by atoms with E-state index in [2.05, 4.69) is 116 Å². The van der Waals surface area contributed by atoms with Crippen LogP contribution in [0.1, 0.15) is 85.3 Å². The van der Waals surface area contributed by atoms with Crippen LogP contribution >= 0.6 is 0 Å². The quantitative estimate of drug-likeness (QED) is 0.233. The van der Waals surface area contributed by atoms with Crippen LogP contribution in [-0.4, -0.2) is 11.6 Å². The fourth-order valence-corrected chi connectivity index (χ4v) is 8.44. The molecular formula is C38H37NO. The summed E-state index contributed by atoms with van der Waals surface area (Å²) in [5, 5.41) is 5.41. The molecule has 1 aliphatic heterocycles. The highest BCUT2D eigenvalue weighted by Gasteiger charge is 2.44. The second-order valence-corrected chi connectivity index (χ2v) is 12.6. The maximum absolute atomic E-state index is 6.61. The lowest BCUT2D eigenvalue weighted by Crippen LogP contribution is -2.39. The van der Waals surface area contributed by atoms with Crippen molar-refractivity contribution in [2.75, 3.05) is 6.73 Å². The zero-order valence-corrected chi connectivity index (χ0v) is 23.6. The second-order valence-electron chi connectivity index (χ2n) is 12.6. The molecule has 1 saturated carbocycles. The third-order valence-corrected chi connectivity index (χ3v) is 10.6. The van der Waals surface area contributed by atoms with Gasteiger partial charge in [0.15, 0.2) is 0 Å². The number of rotatable bonds is 3. The molecule has 2 aliphatic carbocycles. The van der Waals surface area contributed by atoms with E-state index < -0.39 is 0 Å². The van der Waals surface area contributed by atoms with Crippen molar-refractivity contribution in [3.63, 3.8) is 0 Å². The van der Waals surface area contributed by atoms with Gasteiger partial charge in [-0.2, -0.15) is 0 Å². The Morgan fingerprint density at radius 1 is 0.775 bits per heavy atom. The number of nitrogens with zero attached hydrogens (tertiary/aromatic N) is 1. The molecule has 0 amide bonds. The van der Waals surface area contributed by atoms with Crippen LogP contribution in [0.15, 0.2) is 97.1 Å². The lowest BCUT2D eigenvalue weighted by atomic mass is 9.66. The molecule has 1 fully saturated rings. The molecule has 0 N–H and O–H groups in total. The van der Waals surface area contributed by atoms with Crippen LogP contribution in [0.4, 0.5) is 0 Å². The average Bonchev–Trinajstić information content (AvgIpc) is 3.42. The Morgan fingerprint density at radius 2 is 1.57 bits per heavy atom. The third-order valence-electron chi connectivity index (χ3n) is 10.6. The SMILES string of the molecule is C[C@@H](c1ccccc1)N1COc2ccc3c4c(ccc3c2[C@@H]1c1cccc2ccccc12)[C@H]1CCC[C@@]1(C)CC4. The smallest absolute Gasteiger partial charge is 0.143 e. The van der Waals surface area contributed by atoms with Crippen LogP contribution in [0.3, 0.4) is 0 Å². The van der Waals surface area contributed by atoms with Gasteiger partial charge in [0.2, 0.25) is 0 Å². The number of aryl methyl sites for hydroxylation is 1. The first kappa shape index (κ1) is 24.2. The summed E-state index contributed by atoms with van der Waals surface area (Å²) in [6.45, 7) is 5.43. The van der Waals surface area contributed by atoms with Crippen LogP contribution in [0.25, 0.3) is 21.5 Å². The first-order valence-corrected chi connectivity index (χ1v) is 15.1. The summed E-state index contributed by atoms with van der Waals surface area (Å²) in [6, 6.07) is 36.4. The highest BCUT2D eigenvalue weighted by atomic mass is 16.5. The largest absolute Gasteiger partial charge is 0.478 e. The highest BCUT2D eigenvalue weighted by molar-refractivity contribution is 5.94. The summed E-state index contributed by atoms with van der Waals surface area (Å²) >= 11 is 0. The molecule has 0 spiro atoms. The van der Waals surface area contributed by atoms with Gasteiger partial charge in [0.05, 0.1) is 6.04 Å². The first-order chi connectivity index (χ1) is 19.6. The van der Waals surface area contributed by atoms with Gasteiger partial charge in [0, 0.05) is 11.6 Å². The molecule has 5 aromatic carbocycles. The van der Waals surface area contributed by atoms with E-state index in [0.29, 0.717) is 18.1 Å². The maximum Gasteiger partial charge on any atom is 0.143 e. The molecule has 0 aromatic heterocycles. The minimum Gasteiger partial charge on any atom is -0.478 e. The Bertz CT molecular complexity index is 1730. The Labute approximate surface area is 237 Å². The maximum atomic E-state index is 6.61. The van der Waals surface area contributed by atoms with Gasteiger partial charge in [-0.3, -0.25) is 4.90 Å². The van der Waals surface area contributed by atoms with E-state index in [1.165, 1.54) is 70.3 Å². The van der Waals surface area contributed by atoms with Crippen molar-refractivity contribution < 1.29 is 4.74 Å². The molecule has 2 heteroatoms. The van der Waals surface area contributed by atoms with Crippen molar-refractivity contribution in [1.82, 2.24) is 4.90 Å². The molecule has 4 atom stereocenters. The molecule has 0 saturated heterocycles. The summed E-state index contributed by atoms with van der Waals surface area (Å²) in [6.07, 6.45) is 6.57. The third kappa shape index (κ3) is 3.58. The summed E-state index contributed by atoms with van der Waals surface area (Å²) in [5.74, 6) is 1.74. The monoisotopic (exact) mass is 523 g/mol. The van der Waals surface area contributed by atoms with Gasteiger partial charge in [-0.25, -0.2) is 0 Å². The van der Waals surface area contributed by atoms with Crippen molar-refractivity contribution in [1.29, 1.82) is 0 Å². The minimum atomic E-state index is 0.0899. The van der Waals surface area contributed by atoms with Crippen molar-refractivity contribution in [2.45, 2.75) is 64.0 Å². The summed E-state index contributed by atoms with van der Waals surface area (Å²) in [4.78, 5) is 2.56. The number of hydrogen-bond donors (Lipinski definition) is 0. The number of ether oxygens (including phenoxy) is 1. The van der Waals surface area contributed by atoms with E-state index in [9.17, 15) is 0 Å². The Kier molecular flexibility index (Phi) is 5.57. The molecule has 2 nitrogen and oxygen atoms in total. The van der Waals surface area contributed by atoms with E-state index in [0.717, 1.165) is 5.75 Å². The molecule has 3 aliphatic rings. The summed E-state index contributed by atoms with van der Waals surface area (Å²) in [7, 11) is 0. The predicted molar refractivity (Wildman–Crippen MR) is 165 cm³/mol. The summed E-state index contributed by atoms with van der Waals surface area (Å²) < 4.78 is 6.61. The van der Waals surface area contributed by atoms with Crippen LogP contribution in [0.5, 0.6) is 5.75 Å². The molecular weight excluding hydrogens is 486 g/mol. The van der Waals surface area contributed by atoms with E-state index in [4.69, 9.17) is 4.74 Å². The zero-order chi connectivity index (χ0) is 26.8. The molecule has 200 valence electrons. The molecule has 1 heterocycles. The molecule has 0 unspecified atom stereocenters. The summed E-state index contributed by atoms with van der Waals surface area (Å²) in [5.41, 5.74) is 7.69. The zero-order valence-electron chi connectivity index (χ0n) is 23.6. The topological polar surface area (TPSA) is 12.5 Å². The normalized spacial score (nSPS) is 24.8. The van der Waals surface area contributed by atoms with Gasteiger partial charge in [0.25, 0.3) is 0 Å². The van der Waals surface area contributed by atoms with Gasteiger partial charge < -0.3 is 4.74 Å². The lowest BCUT2D eigenvalue weighted by Gasteiger charge is -2.43. The molecule has 5 aromatic rings. The van der Waals surface area contributed by atoms with Gasteiger partial charge in [-0.15, -0.1) is 0 Å². The van der Waals surface area contributed by atoms with Crippen molar-refractivity contribution in [3.8, 4) is 5.75 Å². The highest BCUT2D eigenvalue weighted by Crippen LogP contribution is 2.57. The standard InChI is InChI=1S/C38H37NO/c1-25(26-10-4-3-5-11-26)39-24-40-35-20-19-29-30-21-23-38(2)22-9-16-34(38)31(30)17-18-32(29)36(35)37(39)33-15-8-13-27-12-6-7-14-28(27)33/h3-8,10-15,17-20,25,34,37H,9,16,21-24H2,1-2H3/t25-,34+,37-,38-/m0/s1. The van der Waals surface area contributed by atoms with E-state index in [-0.39, 0.29) is 12.1 Å². The lowest BCUT2D eigenvalue weighted by molar-refractivity contribution is 0.0416. The van der Waals surface area contributed by atoms with Gasteiger partial charge in [0.1, 0.15) is 12.5 Å². The van der Waals surface area contributed by atoms with E-state index in [1.807, 2.05) is 0 Å². The van der Waals surface area contributed by atoms with Crippen molar-refractivity contribution >= 4 is 21.5 Å². The van der Waals surface area contributed by atoms with Gasteiger partial charge in [-0.05, 0) is 93.8 Å². The number of hydrogen-bond acceptors (Lipinski definition) is 2. The first-order valence-electron chi connectivity index (χ1n) is 15.1. The minimum absolute atomic E-state index is 0.0899. The molecule has 0 bridgehead atoms. The molecule has 8 rings (SSSR count). The van der Waals surface area contributed by atoms with Crippen molar-refractivity contribution in [3.05, 3.63) is 125 Å². The average molecular weight is 524 g/mol. The predicted octanol–water partition coefficient (Wildman–Crippen LogP) is 9.72. The van der Waals surface area contributed by atoms with Crippen LogP contribution in [0, 0.1) is 5.41 Å². The fourth-order valence-electron chi connectivity index (χ4n) is 8.44. The molecule has 40 heavy (non-hydrogen) atoms. The Morgan fingerprint density at radius 3 is 2.48 bits per heavy atom. The fraction of sp³-hybridized carbons (Fsp3) is 0.316.